The number of nitrogens with zero attached hydrogens (tertiary/aromatic N) is 1. The number of hydrogen-bond acceptors (Lipinski definition) is 3. The van der Waals surface area contributed by atoms with E-state index >= 15 is 0 Å². The van der Waals surface area contributed by atoms with Crippen LogP contribution in [0.5, 0.6) is 0 Å². The zero-order valence-corrected chi connectivity index (χ0v) is 19.1. The lowest BCUT2D eigenvalue weighted by Gasteiger charge is -2.12. The summed E-state index contributed by atoms with van der Waals surface area (Å²) in [5.74, 6) is 0. The number of benzene rings is 3. The van der Waals surface area contributed by atoms with Gasteiger partial charge in [0.25, 0.3) is 0 Å². The van der Waals surface area contributed by atoms with Gasteiger partial charge >= 0.3 is 0 Å². The maximum absolute atomic E-state index is 4.05. The predicted octanol–water partition coefficient (Wildman–Crippen LogP) is 7.07. The van der Waals surface area contributed by atoms with Crippen LogP contribution < -0.4 is 10.6 Å². The molecule has 3 nitrogen and oxygen atoms in total. The third-order valence-corrected chi connectivity index (χ3v) is 4.92. The minimum Gasteiger partial charge on any atom is -0.316 e. The molecule has 0 aromatic heterocycles. The monoisotopic (exact) mass is 439 g/mol. The molecule has 0 saturated heterocycles. The van der Waals surface area contributed by atoms with Gasteiger partial charge in [0.2, 0.25) is 0 Å². The highest BCUT2D eigenvalue weighted by Gasteiger charge is 2.06. The second kappa shape index (κ2) is 15.3. The van der Waals surface area contributed by atoms with Gasteiger partial charge in [0, 0.05) is 6.54 Å². The lowest BCUT2D eigenvalue weighted by atomic mass is 10.0. The van der Waals surface area contributed by atoms with E-state index in [1.165, 1.54) is 22.3 Å². The van der Waals surface area contributed by atoms with Gasteiger partial charge in [0.15, 0.2) is 0 Å². The lowest BCUT2D eigenvalue weighted by molar-refractivity contribution is 0.630. The van der Waals surface area contributed by atoms with E-state index in [0.29, 0.717) is 0 Å². The second-order valence-corrected chi connectivity index (χ2v) is 7.16. The van der Waals surface area contributed by atoms with Crippen molar-refractivity contribution >= 4 is 12.3 Å². The topological polar surface area (TPSA) is 36.4 Å². The van der Waals surface area contributed by atoms with Gasteiger partial charge in [-0.25, -0.2) is 0 Å². The van der Waals surface area contributed by atoms with E-state index in [0.717, 1.165) is 17.7 Å². The van der Waals surface area contributed by atoms with Crippen LogP contribution >= 0.6 is 0 Å². The Labute approximate surface area is 200 Å². The summed E-state index contributed by atoms with van der Waals surface area (Å²) >= 11 is 0. The van der Waals surface area contributed by atoms with Crippen molar-refractivity contribution in [3.05, 3.63) is 127 Å². The average molecular weight is 440 g/mol. The summed E-state index contributed by atoms with van der Waals surface area (Å²) in [4.78, 5) is 4.05. The molecule has 0 radical (unpaired) electrons. The molecular weight excluding hydrogens is 402 g/mol. The minimum atomic E-state index is -0.0429. The molecule has 1 atom stereocenters. The van der Waals surface area contributed by atoms with Crippen LogP contribution in [0, 0.1) is 0 Å². The molecule has 0 bridgehead atoms. The molecule has 1 unspecified atom stereocenters. The Morgan fingerprint density at radius 2 is 1.61 bits per heavy atom. The van der Waals surface area contributed by atoms with E-state index in [9.17, 15) is 0 Å². The van der Waals surface area contributed by atoms with Gasteiger partial charge in [0.1, 0.15) is 6.17 Å². The van der Waals surface area contributed by atoms with Crippen LogP contribution in [0.25, 0.3) is 16.7 Å². The molecule has 2 N–H and O–H groups in total. The highest BCUT2D eigenvalue weighted by molar-refractivity contribution is 5.74. The molecule has 0 amide bonds. The Morgan fingerprint density at radius 1 is 0.909 bits per heavy atom. The van der Waals surface area contributed by atoms with E-state index in [-0.39, 0.29) is 13.6 Å². The number of allylic oxidation sites excluding steroid dienone is 4. The van der Waals surface area contributed by atoms with Gasteiger partial charge < -0.3 is 5.32 Å². The van der Waals surface area contributed by atoms with Gasteiger partial charge in [0.05, 0.1) is 0 Å². The summed E-state index contributed by atoms with van der Waals surface area (Å²) in [5, 5.41) is 6.25. The summed E-state index contributed by atoms with van der Waals surface area (Å²) in [7, 11) is 3.83. The third kappa shape index (κ3) is 8.49. The van der Waals surface area contributed by atoms with Crippen molar-refractivity contribution in [3.8, 4) is 11.1 Å². The van der Waals surface area contributed by atoms with Crippen LogP contribution in [0.4, 0.5) is 0 Å². The van der Waals surface area contributed by atoms with E-state index in [1.807, 2.05) is 50.5 Å². The Balaban J connectivity index is 0.000000323. The standard InChI is InChI=1S/C15H16N2.C14H17N.CH4/c1-16-15(17-2)14-10-6-9-13(11-14)12-7-4-3-5-8-12;1-4-7-13(5-2)14-9-6-8-12(10-14)11-15-3;/h3-11,15,17H,1H2,2H3;4-10,15H,1-2,11H2,3H3;1H4/b;13-7+;. The maximum Gasteiger partial charge on any atom is 0.124 e. The molecule has 0 spiro atoms. The summed E-state index contributed by atoms with van der Waals surface area (Å²) in [5.41, 5.74) is 7.09. The molecule has 3 heteroatoms. The second-order valence-electron chi connectivity index (χ2n) is 7.16. The molecule has 3 rings (SSSR count). The van der Waals surface area contributed by atoms with Crippen LogP contribution in [0.1, 0.15) is 30.3 Å². The van der Waals surface area contributed by atoms with Crippen molar-refractivity contribution in [3.63, 3.8) is 0 Å². The minimum absolute atomic E-state index is 0. The highest BCUT2D eigenvalue weighted by atomic mass is 15.0. The lowest BCUT2D eigenvalue weighted by Crippen LogP contribution is -2.13. The van der Waals surface area contributed by atoms with E-state index < -0.39 is 0 Å². The van der Waals surface area contributed by atoms with Crippen LogP contribution in [-0.2, 0) is 6.54 Å². The molecule has 172 valence electrons. The van der Waals surface area contributed by atoms with Crippen molar-refractivity contribution in [2.45, 2.75) is 20.1 Å². The largest absolute Gasteiger partial charge is 0.316 e. The van der Waals surface area contributed by atoms with Crippen molar-refractivity contribution in [2.75, 3.05) is 14.1 Å². The first-order valence-electron chi connectivity index (χ1n) is 10.6. The number of hydrogen-bond donors (Lipinski definition) is 2. The zero-order chi connectivity index (χ0) is 23.2. The van der Waals surface area contributed by atoms with E-state index in [1.54, 1.807) is 6.08 Å². The smallest absolute Gasteiger partial charge is 0.124 e. The van der Waals surface area contributed by atoms with Crippen LogP contribution in [0.3, 0.4) is 0 Å². The van der Waals surface area contributed by atoms with Crippen LogP contribution in [0.15, 0.2) is 115 Å². The maximum atomic E-state index is 4.05. The first-order chi connectivity index (χ1) is 15.7. The molecular formula is C30H37N3. The summed E-state index contributed by atoms with van der Waals surface area (Å²) in [6.45, 7) is 12.0. The summed E-state index contributed by atoms with van der Waals surface area (Å²) in [6.07, 6.45) is 5.55. The Bertz CT molecular complexity index is 1040. The SMILES string of the molecule is C.C=C/C=C(\C=C)c1cccc(CNC)c1.C=NC(NC)c1cccc(-c2ccccc2)c1. The first kappa shape index (κ1) is 27.5. The zero-order valence-electron chi connectivity index (χ0n) is 19.1. The van der Waals surface area contributed by atoms with Crippen molar-refractivity contribution in [1.29, 1.82) is 0 Å². The van der Waals surface area contributed by atoms with Gasteiger partial charge in [-0.1, -0.05) is 106 Å². The number of rotatable bonds is 9. The average Bonchev–Trinajstić information content (AvgIpc) is 2.85. The molecule has 0 heterocycles. The molecule has 0 aliphatic heterocycles. The van der Waals surface area contributed by atoms with Gasteiger partial charge in [-0.3, -0.25) is 10.3 Å². The van der Waals surface area contributed by atoms with E-state index in [2.05, 4.69) is 90.1 Å². The molecule has 33 heavy (non-hydrogen) atoms. The summed E-state index contributed by atoms with van der Waals surface area (Å²) < 4.78 is 0. The molecule has 3 aromatic carbocycles. The number of aliphatic imine (C=N–C) groups is 1. The molecule has 3 aromatic rings. The Hall–Kier alpha value is -3.53. The Kier molecular flexibility index (Phi) is 12.8. The van der Waals surface area contributed by atoms with Gasteiger partial charge in [-0.15, -0.1) is 0 Å². The van der Waals surface area contributed by atoms with Crippen molar-refractivity contribution in [1.82, 2.24) is 10.6 Å². The molecule has 0 aliphatic carbocycles. The fraction of sp³-hybridized carbons (Fsp3) is 0.167. The normalized spacial score (nSPS) is 11.3. The van der Waals surface area contributed by atoms with Crippen molar-refractivity contribution < 1.29 is 0 Å². The highest BCUT2D eigenvalue weighted by Crippen LogP contribution is 2.23. The molecule has 0 aliphatic rings. The van der Waals surface area contributed by atoms with Crippen molar-refractivity contribution in [2.24, 2.45) is 4.99 Å². The first-order valence-corrected chi connectivity index (χ1v) is 10.6. The van der Waals surface area contributed by atoms with Crippen LogP contribution in [0.2, 0.25) is 0 Å². The van der Waals surface area contributed by atoms with Gasteiger partial charge in [-0.05, 0) is 66.3 Å². The fourth-order valence-electron chi connectivity index (χ4n) is 3.36. The molecule has 0 saturated carbocycles. The van der Waals surface area contributed by atoms with Gasteiger partial charge in [-0.2, -0.15) is 0 Å². The molecule has 0 fully saturated rings. The van der Waals surface area contributed by atoms with E-state index in [4.69, 9.17) is 0 Å². The van der Waals surface area contributed by atoms with Crippen LogP contribution in [-0.4, -0.2) is 20.8 Å². The summed E-state index contributed by atoms with van der Waals surface area (Å²) in [6, 6.07) is 27.1. The quantitative estimate of drug-likeness (QED) is 0.276. The number of nitrogens with one attached hydrogen (secondary N) is 2. The fourth-order valence-corrected chi connectivity index (χ4v) is 3.36. The third-order valence-electron chi connectivity index (χ3n) is 4.92. The predicted molar refractivity (Wildman–Crippen MR) is 148 cm³/mol. The Morgan fingerprint density at radius 3 is 2.21 bits per heavy atom.